The first-order valence-electron chi connectivity index (χ1n) is 4.68. The molecule has 1 unspecified atom stereocenters. The van der Waals surface area contributed by atoms with E-state index in [0.29, 0.717) is 6.42 Å². The predicted molar refractivity (Wildman–Crippen MR) is 72.6 cm³/mol. The Balaban J connectivity index is 2.20. The fourth-order valence-corrected chi connectivity index (χ4v) is 2.94. The molecule has 0 saturated heterocycles. The SMILES string of the molecule is OC(Cc1nccs1)c1cc(Br)ccc1Br. The lowest BCUT2D eigenvalue weighted by atomic mass is 10.1. The zero-order chi connectivity index (χ0) is 11.5. The van der Waals surface area contributed by atoms with E-state index in [4.69, 9.17) is 0 Å². The molecule has 0 bridgehead atoms. The highest BCUT2D eigenvalue weighted by molar-refractivity contribution is 9.11. The zero-order valence-corrected chi connectivity index (χ0v) is 12.2. The summed E-state index contributed by atoms with van der Waals surface area (Å²) in [7, 11) is 0. The Hall–Kier alpha value is -0.230. The van der Waals surface area contributed by atoms with E-state index < -0.39 is 6.10 Å². The van der Waals surface area contributed by atoms with E-state index in [1.165, 1.54) is 0 Å². The normalized spacial score (nSPS) is 12.7. The van der Waals surface area contributed by atoms with Crippen molar-refractivity contribution in [3.8, 4) is 0 Å². The number of benzene rings is 1. The van der Waals surface area contributed by atoms with Gasteiger partial charge in [-0.1, -0.05) is 31.9 Å². The number of aliphatic hydroxyl groups is 1. The minimum Gasteiger partial charge on any atom is -0.388 e. The maximum Gasteiger partial charge on any atom is 0.0954 e. The number of halogens is 2. The van der Waals surface area contributed by atoms with Crippen LogP contribution < -0.4 is 0 Å². The fourth-order valence-electron chi connectivity index (χ4n) is 1.40. The van der Waals surface area contributed by atoms with Crippen LogP contribution in [0.15, 0.2) is 38.7 Å². The van der Waals surface area contributed by atoms with Crippen molar-refractivity contribution in [3.05, 3.63) is 49.3 Å². The molecule has 2 rings (SSSR count). The Bertz CT molecular complexity index is 473. The second-order valence-electron chi connectivity index (χ2n) is 3.31. The Morgan fingerprint density at radius 1 is 1.38 bits per heavy atom. The molecular formula is C11H9Br2NOS. The molecule has 2 aromatic rings. The molecule has 0 amide bonds. The topological polar surface area (TPSA) is 33.1 Å². The molecule has 0 radical (unpaired) electrons. The summed E-state index contributed by atoms with van der Waals surface area (Å²) in [5, 5.41) is 13.0. The van der Waals surface area contributed by atoms with Gasteiger partial charge in [-0.05, 0) is 23.8 Å². The lowest BCUT2D eigenvalue weighted by molar-refractivity contribution is 0.177. The van der Waals surface area contributed by atoms with Gasteiger partial charge in [0.2, 0.25) is 0 Å². The van der Waals surface area contributed by atoms with Crippen LogP contribution >= 0.6 is 43.2 Å². The lowest BCUT2D eigenvalue weighted by Gasteiger charge is -2.11. The van der Waals surface area contributed by atoms with E-state index in [1.54, 1.807) is 17.5 Å². The summed E-state index contributed by atoms with van der Waals surface area (Å²) < 4.78 is 1.88. The van der Waals surface area contributed by atoms with E-state index in [1.807, 2.05) is 23.6 Å². The van der Waals surface area contributed by atoms with Crippen molar-refractivity contribution < 1.29 is 5.11 Å². The number of aromatic nitrogens is 1. The van der Waals surface area contributed by atoms with Gasteiger partial charge in [0.25, 0.3) is 0 Å². The van der Waals surface area contributed by atoms with Crippen molar-refractivity contribution >= 4 is 43.2 Å². The van der Waals surface area contributed by atoms with Gasteiger partial charge in [-0.15, -0.1) is 11.3 Å². The molecule has 1 heterocycles. The molecule has 1 aromatic heterocycles. The summed E-state index contributed by atoms with van der Waals surface area (Å²) in [6.45, 7) is 0. The molecule has 1 atom stereocenters. The van der Waals surface area contributed by atoms with Gasteiger partial charge in [0.1, 0.15) is 0 Å². The van der Waals surface area contributed by atoms with Gasteiger partial charge >= 0.3 is 0 Å². The largest absolute Gasteiger partial charge is 0.388 e. The highest BCUT2D eigenvalue weighted by atomic mass is 79.9. The molecule has 0 spiro atoms. The summed E-state index contributed by atoms with van der Waals surface area (Å²) in [5.74, 6) is 0. The van der Waals surface area contributed by atoms with Gasteiger partial charge in [-0.3, -0.25) is 0 Å². The molecule has 0 aliphatic carbocycles. The molecule has 0 aliphatic rings. The highest BCUT2D eigenvalue weighted by Crippen LogP contribution is 2.29. The van der Waals surface area contributed by atoms with Gasteiger partial charge in [0.05, 0.1) is 11.1 Å². The first-order chi connectivity index (χ1) is 7.66. The molecule has 5 heteroatoms. The number of nitrogens with zero attached hydrogens (tertiary/aromatic N) is 1. The summed E-state index contributed by atoms with van der Waals surface area (Å²) in [6.07, 6.45) is 1.77. The van der Waals surface area contributed by atoms with E-state index >= 15 is 0 Å². The predicted octanol–water partition coefficient (Wildman–Crippen LogP) is 3.94. The molecule has 16 heavy (non-hydrogen) atoms. The number of hydrogen-bond donors (Lipinski definition) is 1. The van der Waals surface area contributed by atoms with Crippen LogP contribution in [0, 0.1) is 0 Å². The number of rotatable bonds is 3. The third-order valence-electron chi connectivity index (χ3n) is 2.17. The fraction of sp³-hybridized carbons (Fsp3) is 0.182. The standard InChI is InChI=1S/C11H9Br2NOS/c12-7-1-2-9(13)8(5-7)10(15)6-11-14-3-4-16-11/h1-5,10,15H,6H2. The van der Waals surface area contributed by atoms with Crippen molar-refractivity contribution in [2.24, 2.45) is 0 Å². The molecule has 0 fully saturated rings. The van der Waals surface area contributed by atoms with E-state index in [2.05, 4.69) is 36.8 Å². The zero-order valence-electron chi connectivity index (χ0n) is 8.23. The number of thiazole rings is 1. The maximum absolute atomic E-state index is 10.1. The smallest absolute Gasteiger partial charge is 0.0954 e. The van der Waals surface area contributed by atoms with Crippen LogP contribution in [0.5, 0.6) is 0 Å². The van der Waals surface area contributed by atoms with Crippen LogP contribution in [0.3, 0.4) is 0 Å². The molecule has 0 aliphatic heterocycles. The lowest BCUT2D eigenvalue weighted by Crippen LogP contribution is -2.02. The summed E-state index contributed by atoms with van der Waals surface area (Å²) in [5.41, 5.74) is 0.879. The summed E-state index contributed by atoms with van der Waals surface area (Å²) in [6, 6.07) is 5.77. The first-order valence-corrected chi connectivity index (χ1v) is 7.15. The highest BCUT2D eigenvalue weighted by Gasteiger charge is 2.13. The molecule has 0 saturated carbocycles. The van der Waals surface area contributed by atoms with E-state index in [-0.39, 0.29) is 0 Å². The van der Waals surface area contributed by atoms with Crippen molar-refractivity contribution in [2.45, 2.75) is 12.5 Å². The van der Waals surface area contributed by atoms with Gasteiger partial charge in [0.15, 0.2) is 0 Å². The van der Waals surface area contributed by atoms with E-state index in [9.17, 15) is 5.11 Å². The van der Waals surface area contributed by atoms with Crippen molar-refractivity contribution in [1.29, 1.82) is 0 Å². The van der Waals surface area contributed by atoms with Crippen LogP contribution in [0.2, 0.25) is 0 Å². The minimum absolute atomic E-state index is 0.530. The van der Waals surface area contributed by atoms with Crippen LogP contribution in [0.25, 0.3) is 0 Å². The molecular weight excluding hydrogens is 354 g/mol. The van der Waals surface area contributed by atoms with Gasteiger partial charge in [0, 0.05) is 26.9 Å². The maximum atomic E-state index is 10.1. The molecule has 1 N–H and O–H groups in total. The Labute approximate surface area is 115 Å². The molecule has 84 valence electrons. The monoisotopic (exact) mass is 361 g/mol. The van der Waals surface area contributed by atoms with Crippen molar-refractivity contribution in [1.82, 2.24) is 4.98 Å². The molecule has 2 nitrogen and oxygen atoms in total. The first kappa shape index (κ1) is 12.2. The third-order valence-corrected chi connectivity index (χ3v) is 4.19. The van der Waals surface area contributed by atoms with Gasteiger partial charge < -0.3 is 5.11 Å². The summed E-state index contributed by atoms with van der Waals surface area (Å²) in [4.78, 5) is 4.17. The molecule has 1 aromatic carbocycles. The second-order valence-corrected chi connectivity index (χ2v) is 6.06. The minimum atomic E-state index is -0.530. The Morgan fingerprint density at radius 2 is 2.19 bits per heavy atom. The Morgan fingerprint density at radius 3 is 2.88 bits per heavy atom. The van der Waals surface area contributed by atoms with E-state index in [0.717, 1.165) is 19.5 Å². The quantitative estimate of drug-likeness (QED) is 0.896. The van der Waals surface area contributed by atoms with Gasteiger partial charge in [-0.25, -0.2) is 4.98 Å². The number of hydrogen-bond acceptors (Lipinski definition) is 3. The van der Waals surface area contributed by atoms with Gasteiger partial charge in [-0.2, -0.15) is 0 Å². The van der Waals surface area contributed by atoms with Crippen LogP contribution in [0.4, 0.5) is 0 Å². The second kappa shape index (κ2) is 5.40. The van der Waals surface area contributed by atoms with Crippen LogP contribution in [-0.2, 0) is 6.42 Å². The average molecular weight is 363 g/mol. The third kappa shape index (κ3) is 2.91. The summed E-state index contributed by atoms with van der Waals surface area (Å²) >= 11 is 8.39. The van der Waals surface area contributed by atoms with Crippen molar-refractivity contribution in [3.63, 3.8) is 0 Å². The van der Waals surface area contributed by atoms with Crippen LogP contribution in [-0.4, -0.2) is 10.1 Å². The average Bonchev–Trinajstić information content (AvgIpc) is 2.74. The van der Waals surface area contributed by atoms with Crippen molar-refractivity contribution in [2.75, 3.05) is 0 Å². The van der Waals surface area contributed by atoms with Crippen LogP contribution in [0.1, 0.15) is 16.7 Å². The number of aliphatic hydroxyl groups excluding tert-OH is 1. The Kier molecular flexibility index (Phi) is 4.13.